The van der Waals surface area contributed by atoms with Gasteiger partial charge in [-0.1, -0.05) is 26.0 Å². The molecule has 0 bridgehead atoms. The Hall–Kier alpha value is -2.54. The van der Waals surface area contributed by atoms with Gasteiger partial charge in [0.25, 0.3) is 0 Å². The molecule has 0 saturated heterocycles. The Morgan fingerprint density at radius 3 is 2.40 bits per heavy atom. The minimum Gasteiger partial charge on any atom is -0.496 e. The third-order valence-corrected chi connectivity index (χ3v) is 5.27. The summed E-state index contributed by atoms with van der Waals surface area (Å²) in [6, 6.07) is 13.2. The number of methoxy groups -OCH3 is 1. The molecule has 0 aliphatic rings. The quantitative estimate of drug-likeness (QED) is 0.404. The molecule has 1 aromatic heterocycles. The number of halogens is 4. The normalized spacial score (nSPS) is 11.6. The second-order valence-electron chi connectivity index (χ2n) is 7.20. The lowest BCUT2D eigenvalue weighted by molar-refractivity contribution is -0.137. The smallest absolute Gasteiger partial charge is 0.416 e. The van der Waals surface area contributed by atoms with Crippen molar-refractivity contribution in [1.29, 1.82) is 0 Å². The molecular formula is C23H22BrF3N2O. The first-order valence-corrected chi connectivity index (χ1v) is 10.2. The molecule has 2 aromatic carbocycles. The predicted molar refractivity (Wildman–Crippen MR) is 117 cm³/mol. The fraction of sp³-hybridized carbons (Fsp3) is 0.261. The number of benzene rings is 2. The number of rotatable bonds is 6. The summed E-state index contributed by atoms with van der Waals surface area (Å²) < 4.78 is 46.4. The van der Waals surface area contributed by atoms with Crippen LogP contribution in [0.25, 0.3) is 11.1 Å². The van der Waals surface area contributed by atoms with E-state index in [4.69, 9.17) is 4.74 Å². The fourth-order valence-corrected chi connectivity index (χ4v) is 3.37. The molecule has 0 saturated carbocycles. The number of alkyl halides is 3. The molecule has 7 heteroatoms. The SMILES string of the molecule is COc1ccc(C(C)C)cc1-c1ccc(C(F)(F)F)cc1CNc1ccc(Br)cn1. The number of nitrogens with zero attached hydrogens (tertiary/aromatic N) is 1. The van der Waals surface area contributed by atoms with Crippen LogP contribution in [-0.4, -0.2) is 12.1 Å². The Bertz CT molecular complexity index is 1020. The van der Waals surface area contributed by atoms with E-state index < -0.39 is 11.7 Å². The Balaban J connectivity index is 2.07. The average Bonchev–Trinajstić information content (AvgIpc) is 2.72. The molecular weight excluding hydrogens is 457 g/mol. The van der Waals surface area contributed by atoms with Crippen LogP contribution < -0.4 is 10.1 Å². The highest BCUT2D eigenvalue weighted by molar-refractivity contribution is 9.10. The van der Waals surface area contributed by atoms with Crippen molar-refractivity contribution in [2.75, 3.05) is 12.4 Å². The van der Waals surface area contributed by atoms with Gasteiger partial charge in [0.05, 0.1) is 12.7 Å². The van der Waals surface area contributed by atoms with Crippen LogP contribution in [0.5, 0.6) is 5.75 Å². The largest absolute Gasteiger partial charge is 0.496 e. The van der Waals surface area contributed by atoms with E-state index in [1.165, 1.54) is 12.1 Å². The Morgan fingerprint density at radius 1 is 1.03 bits per heavy atom. The topological polar surface area (TPSA) is 34.1 Å². The van der Waals surface area contributed by atoms with Crippen molar-refractivity contribution >= 4 is 21.7 Å². The zero-order valence-corrected chi connectivity index (χ0v) is 18.4. The maximum atomic E-state index is 13.4. The number of hydrogen-bond donors (Lipinski definition) is 1. The highest BCUT2D eigenvalue weighted by Crippen LogP contribution is 2.38. The number of nitrogens with one attached hydrogen (secondary N) is 1. The number of pyridine rings is 1. The molecule has 158 valence electrons. The summed E-state index contributed by atoms with van der Waals surface area (Å²) in [4.78, 5) is 4.23. The van der Waals surface area contributed by atoms with Gasteiger partial charge in [-0.25, -0.2) is 4.98 Å². The van der Waals surface area contributed by atoms with E-state index in [1.54, 1.807) is 19.4 Å². The first kappa shape index (κ1) is 22.2. The lowest BCUT2D eigenvalue weighted by Gasteiger charge is -2.18. The van der Waals surface area contributed by atoms with E-state index in [0.717, 1.165) is 21.7 Å². The first-order chi connectivity index (χ1) is 14.2. The molecule has 0 amide bonds. The monoisotopic (exact) mass is 478 g/mol. The standard InChI is InChI=1S/C23H22BrF3N2O/c1-14(2)15-4-8-21(30-3)20(11-15)19-7-5-17(23(25,26)27)10-16(19)12-28-22-9-6-18(24)13-29-22/h4-11,13-14H,12H2,1-3H3,(H,28,29). The van der Waals surface area contributed by atoms with Crippen LogP contribution in [0.2, 0.25) is 0 Å². The number of ether oxygens (including phenoxy) is 1. The van der Waals surface area contributed by atoms with Gasteiger partial charge in [0.15, 0.2) is 0 Å². The van der Waals surface area contributed by atoms with Crippen molar-refractivity contribution in [2.45, 2.75) is 32.5 Å². The highest BCUT2D eigenvalue weighted by Gasteiger charge is 2.31. The van der Waals surface area contributed by atoms with Crippen molar-refractivity contribution in [2.24, 2.45) is 0 Å². The molecule has 0 aliphatic carbocycles. The first-order valence-electron chi connectivity index (χ1n) is 9.43. The number of anilines is 1. The average molecular weight is 479 g/mol. The summed E-state index contributed by atoms with van der Waals surface area (Å²) in [7, 11) is 1.56. The van der Waals surface area contributed by atoms with Crippen molar-refractivity contribution in [1.82, 2.24) is 4.98 Å². The summed E-state index contributed by atoms with van der Waals surface area (Å²) in [5.41, 5.74) is 2.35. The van der Waals surface area contributed by atoms with Crippen molar-refractivity contribution in [3.8, 4) is 16.9 Å². The zero-order valence-electron chi connectivity index (χ0n) is 16.8. The van der Waals surface area contributed by atoms with Crippen LogP contribution in [-0.2, 0) is 12.7 Å². The third-order valence-electron chi connectivity index (χ3n) is 4.80. The van der Waals surface area contributed by atoms with Crippen molar-refractivity contribution in [3.05, 3.63) is 75.9 Å². The van der Waals surface area contributed by atoms with E-state index in [9.17, 15) is 13.2 Å². The summed E-state index contributed by atoms with van der Waals surface area (Å²) in [6.45, 7) is 4.32. The van der Waals surface area contributed by atoms with Gasteiger partial charge in [-0.05, 0) is 74.9 Å². The van der Waals surface area contributed by atoms with Crippen LogP contribution >= 0.6 is 15.9 Å². The van der Waals surface area contributed by atoms with Gasteiger partial charge in [0, 0.05) is 22.8 Å². The molecule has 30 heavy (non-hydrogen) atoms. The Morgan fingerprint density at radius 2 is 1.80 bits per heavy atom. The van der Waals surface area contributed by atoms with Gasteiger partial charge in [-0.3, -0.25) is 0 Å². The lowest BCUT2D eigenvalue weighted by Crippen LogP contribution is -2.09. The number of hydrogen-bond acceptors (Lipinski definition) is 3. The molecule has 1 heterocycles. The maximum Gasteiger partial charge on any atom is 0.416 e. The van der Waals surface area contributed by atoms with Gasteiger partial charge in [-0.15, -0.1) is 0 Å². The maximum absolute atomic E-state index is 13.4. The third kappa shape index (κ3) is 5.14. The van der Waals surface area contributed by atoms with Gasteiger partial charge in [-0.2, -0.15) is 13.2 Å². The molecule has 0 radical (unpaired) electrons. The van der Waals surface area contributed by atoms with Crippen LogP contribution in [0.15, 0.2) is 59.2 Å². The van der Waals surface area contributed by atoms with Crippen LogP contribution in [0.1, 0.15) is 36.5 Å². The summed E-state index contributed by atoms with van der Waals surface area (Å²) >= 11 is 3.32. The van der Waals surface area contributed by atoms with Crippen LogP contribution in [0.4, 0.5) is 19.0 Å². The lowest BCUT2D eigenvalue weighted by atomic mass is 9.92. The summed E-state index contributed by atoms with van der Waals surface area (Å²) in [5, 5.41) is 3.11. The molecule has 0 fully saturated rings. The Kier molecular flexibility index (Phi) is 6.71. The zero-order chi connectivity index (χ0) is 21.9. The van der Waals surface area contributed by atoms with Crippen LogP contribution in [0.3, 0.4) is 0 Å². The molecule has 3 aromatic rings. The minimum atomic E-state index is -4.42. The molecule has 0 unspecified atom stereocenters. The molecule has 3 rings (SSSR count). The second kappa shape index (κ2) is 9.08. The Labute approximate surface area is 182 Å². The number of aromatic nitrogens is 1. The molecule has 0 atom stereocenters. The van der Waals surface area contributed by atoms with Crippen molar-refractivity contribution < 1.29 is 17.9 Å². The molecule has 3 nitrogen and oxygen atoms in total. The fourth-order valence-electron chi connectivity index (χ4n) is 3.14. The molecule has 0 spiro atoms. The van der Waals surface area contributed by atoms with E-state index >= 15 is 0 Å². The molecule has 0 aliphatic heterocycles. The summed E-state index contributed by atoms with van der Waals surface area (Å²) in [6.07, 6.45) is -2.79. The van der Waals surface area contributed by atoms with Gasteiger partial charge < -0.3 is 10.1 Å². The predicted octanol–water partition coefficient (Wildman–Crippen LogP) is 7.27. The van der Waals surface area contributed by atoms with Gasteiger partial charge in [0.2, 0.25) is 0 Å². The highest BCUT2D eigenvalue weighted by atomic mass is 79.9. The second-order valence-corrected chi connectivity index (χ2v) is 8.11. The van der Waals surface area contributed by atoms with E-state index in [1.807, 2.05) is 24.3 Å². The molecule has 1 N–H and O–H groups in total. The minimum absolute atomic E-state index is 0.183. The van der Waals surface area contributed by atoms with Crippen LogP contribution in [0, 0.1) is 0 Å². The van der Waals surface area contributed by atoms with E-state index in [-0.39, 0.29) is 12.5 Å². The van der Waals surface area contributed by atoms with E-state index in [0.29, 0.717) is 22.7 Å². The van der Waals surface area contributed by atoms with Gasteiger partial charge in [0.1, 0.15) is 11.6 Å². The van der Waals surface area contributed by atoms with Crippen molar-refractivity contribution in [3.63, 3.8) is 0 Å². The summed E-state index contributed by atoms with van der Waals surface area (Å²) in [5.74, 6) is 1.46. The van der Waals surface area contributed by atoms with E-state index in [2.05, 4.69) is 40.1 Å². The van der Waals surface area contributed by atoms with Gasteiger partial charge >= 0.3 is 6.18 Å².